The third-order valence-electron chi connectivity index (χ3n) is 3.19. The molecule has 0 amide bonds. The monoisotopic (exact) mass is 198 g/mol. The lowest BCUT2D eigenvalue weighted by molar-refractivity contribution is 0.338. The summed E-state index contributed by atoms with van der Waals surface area (Å²) < 4.78 is 0. The number of hydrogen-bond donors (Lipinski definition) is 1. The Kier molecular flexibility index (Phi) is 5.49. The zero-order chi connectivity index (χ0) is 10.4. The van der Waals surface area contributed by atoms with Crippen LogP contribution in [0.15, 0.2) is 0 Å². The number of rotatable bonds is 4. The fourth-order valence-corrected chi connectivity index (χ4v) is 2.33. The summed E-state index contributed by atoms with van der Waals surface area (Å²) in [6.45, 7) is 7.12. The third kappa shape index (κ3) is 4.43. The smallest absolute Gasteiger partial charge is 0.00821 e. The summed E-state index contributed by atoms with van der Waals surface area (Å²) >= 11 is 0. The molecule has 1 rings (SSSR count). The number of nitrogens with one attached hydrogen (secondary N) is 1. The molecule has 0 bridgehead atoms. The molecule has 2 unspecified atom stereocenters. The van der Waals surface area contributed by atoms with E-state index < -0.39 is 0 Å². The molecule has 14 heavy (non-hydrogen) atoms. The summed E-state index contributed by atoms with van der Waals surface area (Å²) in [5.41, 5.74) is 0. The van der Waals surface area contributed by atoms with Crippen LogP contribution in [0.4, 0.5) is 0 Å². The molecule has 2 heteroatoms. The molecule has 1 fully saturated rings. The van der Waals surface area contributed by atoms with Crippen LogP contribution < -0.4 is 5.32 Å². The molecule has 0 spiro atoms. The van der Waals surface area contributed by atoms with Crippen LogP contribution in [0.5, 0.6) is 0 Å². The van der Waals surface area contributed by atoms with Crippen molar-refractivity contribution >= 4 is 0 Å². The lowest BCUT2D eigenvalue weighted by atomic mass is 10.1. The van der Waals surface area contributed by atoms with Gasteiger partial charge in [-0.25, -0.2) is 0 Å². The van der Waals surface area contributed by atoms with Gasteiger partial charge in [0.25, 0.3) is 0 Å². The Hall–Kier alpha value is -0.0800. The number of nitrogens with zero attached hydrogens (tertiary/aromatic N) is 1. The van der Waals surface area contributed by atoms with Gasteiger partial charge in [-0.15, -0.1) is 0 Å². The van der Waals surface area contributed by atoms with Crippen LogP contribution in [0.3, 0.4) is 0 Å². The van der Waals surface area contributed by atoms with Gasteiger partial charge in [0.2, 0.25) is 0 Å². The van der Waals surface area contributed by atoms with Crippen molar-refractivity contribution in [2.24, 2.45) is 0 Å². The molecule has 0 aromatic carbocycles. The van der Waals surface area contributed by atoms with Crippen LogP contribution in [-0.2, 0) is 0 Å². The van der Waals surface area contributed by atoms with E-state index in [0.717, 1.165) is 6.04 Å². The fraction of sp³-hybridized carbons (Fsp3) is 1.00. The Morgan fingerprint density at radius 2 is 2.14 bits per heavy atom. The van der Waals surface area contributed by atoms with Crippen molar-refractivity contribution in [2.75, 3.05) is 20.1 Å². The van der Waals surface area contributed by atoms with Gasteiger partial charge in [0, 0.05) is 12.1 Å². The van der Waals surface area contributed by atoms with Gasteiger partial charge in [0.1, 0.15) is 0 Å². The average molecular weight is 198 g/mol. The largest absolute Gasteiger partial charge is 0.311 e. The van der Waals surface area contributed by atoms with Crippen LogP contribution in [-0.4, -0.2) is 37.1 Å². The molecule has 84 valence electrons. The van der Waals surface area contributed by atoms with E-state index in [1.165, 1.54) is 45.2 Å². The van der Waals surface area contributed by atoms with Gasteiger partial charge in [0.05, 0.1) is 0 Å². The first-order valence-corrected chi connectivity index (χ1v) is 6.17. The van der Waals surface area contributed by atoms with Crippen molar-refractivity contribution in [3.63, 3.8) is 0 Å². The van der Waals surface area contributed by atoms with Crippen LogP contribution >= 0.6 is 0 Å². The first kappa shape index (κ1) is 12.0. The molecule has 0 saturated carbocycles. The number of hydrogen-bond acceptors (Lipinski definition) is 2. The van der Waals surface area contributed by atoms with E-state index in [1.54, 1.807) is 0 Å². The SMILES string of the molecule is CCCC(C)NC1CCCN(C)CC1. The molecule has 1 heterocycles. The Bertz CT molecular complexity index is 147. The third-order valence-corrected chi connectivity index (χ3v) is 3.19. The zero-order valence-electron chi connectivity index (χ0n) is 10.1. The molecule has 2 atom stereocenters. The zero-order valence-corrected chi connectivity index (χ0v) is 10.1. The maximum atomic E-state index is 3.75. The lowest BCUT2D eigenvalue weighted by Crippen LogP contribution is -2.37. The summed E-state index contributed by atoms with van der Waals surface area (Å²) in [5.74, 6) is 0. The Labute approximate surface area is 89.1 Å². The molecule has 0 aromatic rings. The molecule has 1 saturated heterocycles. The highest BCUT2D eigenvalue weighted by Gasteiger charge is 2.15. The molecule has 0 aromatic heterocycles. The average Bonchev–Trinajstić information content (AvgIpc) is 2.32. The van der Waals surface area contributed by atoms with E-state index >= 15 is 0 Å². The van der Waals surface area contributed by atoms with Crippen molar-refractivity contribution < 1.29 is 0 Å². The maximum Gasteiger partial charge on any atom is 0.00821 e. The lowest BCUT2D eigenvalue weighted by Gasteiger charge is -2.21. The van der Waals surface area contributed by atoms with Gasteiger partial charge in [-0.05, 0) is 52.7 Å². The van der Waals surface area contributed by atoms with Crippen molar-refractivity contribution in [2.45, 2.75) is 58.0 Å². The van der Waals surface area contributed by atoms with Crippen molar-refractivity contribution in [3.05, 3.63) is 0 Å². The van der Waals surface area contributed by atoms with Crippen LogP contribution in [0.25, 0.3) is 0 Å². The predicted octanol–water partition coefficient (Wildman–Crippen LogP) is 2.25. The highest BCUT2D eigenvalue weighted by atomic mass is 15.1. The molecule has 2 nitrogen and oxygen atoms in total. The predicted molar refractivity (Wildman–Crippen MR) is 62.6 cm³/mol. The summed E-state index contributed by atoms with van der Waals surface area (Å²) in [7, 11) is 2.23. The molecular weight excluding hydrogens is 172 g/mol. The van der Waals surface area contributed by atoms with Crippen LogP contribution in [0.1, 0.15) is 46.0 Å². The fourth-order valence-electron chi connectivity index (χ4n) is 2.33. The van der Waals surface area contributed by atoms with Gasteiger partial charge in [0.15, 0.2) is 0 Å². The van der Waals surface area contributed by atoms with Gasteiger partial charge in [-0.2, -0.15) is 0 Å². The minimum atomic E-state index is 0.702. The van der Waals surface area contributed by atoms with E-state index in [2.05, 4.69) is 31.1 Å². The second-order valence-electron chi connectivity index (χ2n) is 4.79. The first-order chi connectivity index (χ1) is 6.72. The topological polar surface area (TPSA) is 15.3 Å². The second kappa shape index (κ2) is 6.41. The quantitative estimate of drug-likeness (QED) is 0.745. The van der Waals surface area contributed by atoms with Gasteiger partial charge >= 0.3 is 0 Å². The van der Waals surface area contributed by atoms with Crippen molar-refractivity contribution in [1.82, 2.24) is 10.2 Å². The van der Waals surface area contributed by atoms with Gasteiger partial charge in [-0.3, -0.25) is 0 Å². The number of likely N-dealkylation sites (tertiary alicyclic amines) is 1. The highest BCUT2D eigenvalue weighted by Crippen LogP contribution is 2.11. The molecule has 1 aliphatic rings. The molecular formula is C12H26N2. The van der Waals surface area contributed by atoms with Gasteiger partial charge in [-0.1, -0.05) is 13.3 Å². The van der Waals surface area contributed by atoms with E-state index in [4.69, 9.17) is 0 Å². The normalized spacial score (nSPS) is 27.2. The van der Waals surface area contributed by atoms with Crippen molar-refractivity contribution in [1.29, 1.82) is 0 Å². The van der Waals surface area contributed by atoms with E-state index in [9.17, 15) is 0 Å². The molecule has 0 radical (unpaired) electrons. The standard InChI is InChI=1S/C12H26N2/c1-4-6-11(2)13-12-7-5-9-14(3)10-8-12/h11-13H,4-10H2,1-3H3. The molecule has 1 aliphatic heterocycles. The maximum absolute atomic E-state index is 3.75. The minimum absolute atomic E-state index is 0.702. The molecule has 0 aliphatic carbocycles. The first-order valence-electron chi connectivity index (χ1n) is 6.17. The van der Waals surface area contributed by atoms with E-state index in [1.807, 2.05) is 0 Å². The minimum Gasteiger partial charge on any atom is -0.311 e. The van der Waals surface area contributed by atoms with Crippen molar-refractivity contribution in [3.8, 4) is 0 Å². The van der Waals surface area contributed by atoms with Crippen LogP contribution in [0, 0.1) is 0 Å². The summed E-state index contributed by atoms with van der Waals surface area (Å²) in [6, 6.07) is 1.47. The summed E-state index contributed by atoms with van der Waals surface area (Å²) in [6.07, 6.45) is 6.64. The molecule has 1 N–H and O–H groups in total. The Morgan fingerprint density at radius 3 is 2.86 bits per heavy atom. The second-order valence-corrected chi connectivity index (χ2v) is 4.79. The Balaban J connectivity index is 2.22. The Morgan fingerprint density at radius 1 is 1.36 bits per heavy atom. The van der Waals surface area contributed by atoms with Gasteiger partial charge < -0.3 is 10.2 Å². The van der Waals surface area contributed by atoms with E-state index in [0.29, 0.717) is 6.04 Å². The summed E-state index contributed by atoms with van der Waals surface area (Å²) in [4.78, 5) is 2.45. The van der Waals surface area contributed by atoms with E-state index in [-0.39, 0.29) is 0 Å². The highest BCUT2D eigenvalue weighted by molar-refractivity contribution is 4.76. The van der Waals surface area contributed by atoms with Crippen LogP contribution in [0.2, 0.25) is 0 Å². The summed E-state index contributed by atoms with van der Waals surface area (Å²) in [5, 5.41) is 3.75.